The zero-order valence-electron chi connectivity index (χ0n) is 19.6. The molecule has 3 aliphatic rings. The van der Waals surface area contributed by atoms with Crippen LogP contribution in [0.2, 0.25) is 0 Å². The van der Waals surface area contributed by atoms with E-state index in [0.29, 0.717) is 18.9 Å². The van der Waals surface area contributed by atoms with Crippen LogP contribution in [0.1, 0.15) is 56.2 Å². The average Bonchev–Trinajstić information content (AvgIpc) is 3.64. The first-order valence-corrected chi connectivity index (χ1v) is 11.8. The molecule has 2 aromatic rings. The van der Waals surface area contributed by atoms with E-state index in [1.807, 2.05) is 32.0 Å². The maximum atomic E-state index is 14.2. The standard InChI is InChI=1S/C25H26FNO4.C2H6/c1-30-19-3-4-20-17(12-19)14-31-22-5-2-18(26)13-21(22)23(20)16-6-10-27(11-7-16)15-25(8-9-25)24(28)29;1-2/h2-5,12-13H,6-11,14-15H2,1H3,(H,28,29);1-2H3. The lowest BCUT2D eigenvalue weighted by Gasteiger charge is -2.32. The molecule has 0 bridgehead atoms. The number of nitrogens with zero attached hydrogens (tertiary/aromatic N) is 1. The molecule has 6 heteroatoms. The number of ether oxygens (including phenoxy) is 2. The summed E-state index contributed by atoms with van der Waals surface area (Å²) in [6.07, 6.45) is 3.19. The number of aliphatic carboxylic acids is 1. The van der Waals surface area contributed by atoms with Crippen molar-refractivity contribution in [1.29, 1.82) is 0 Å². The fraction of sp³-hybridized carbons (Fsp3) is 0.444. The number of hydrogen-bond donors (Lipinski definition) is 1. The molecule has 5 nitrogen and oxygen atoms in total. The van der Waals surface area contributed by atoms with E-state index in [4.69, 9.17) is 9.47 Å². The van der Waals surface area contributed by atoms with Crippen molar-refractivity contribution >= 4 is 11.5 Å². The van der Waals surface area contributed by atoms with Crippen molar-refractivity contribution < 1.29 is 23.8 Å². The second-order valence-corrected chi connectivity index (χ2v) is 8.79. The third-order valence-electron chi connectivity index (χ3n) is 6.82. The van der Waals surface area contributed by atoms with Crippen molar-refractivity contribution in [3.63, 3.8) is 0 Å². The van der Waals surface area contributed by atoms with Gasteiger partial charge in [0.2, 0.25) is 0 Å². The molecule has 0 spiro atoms. The van der Waals surface area contributed by atoms with E-state index in [1.165, 1.54) is 11.6 Å². The Kier molecular flexibility index (Phi) is 6.75. The highest BCUT2D eigenvalue weighted by atomic mass is 19.1. The van der Waals surface area contributed by atoms with Gasteiger partial charge in [0, 0.05) is 30.8 Å². The van der Waals surface area contributed by atoms with Gasteiger partial charge in [-0.05, 0) is 67.2 Å². The number of carboxylic acid groups (broad SMARTS) is 1. The van der Waals surface area contributed by atoms with Crippen molar-refractivity contribution in [2.24, 2.45) is 5.41 Å². The number of methoxy groups -OCH3 is 1. The zero-order valence-corrected chi connectivity index (χ0v) is 19.6. The molecule has 2 aliphatic heterocycles. The lowest BCUT2D eigenvalue weighted by molar-refractivity contribution is -0.144. The lowest BCUT2D eigenvalue weighted by atomic mass is 9.86. The highest BCUT2D eigenvalue weighted by molar-refractivity contribution is 5.87. The summed E-state index contributed by atoms with van der Waals surface area (Å²) in [4.78, 5) is 13.8. The van der Waals surface area contributed by atoms with E-state index < -0.39 is 11.4 Å². The Bertz CT molecular complexity index is 1060. The van der Waals surface area contributed by atoms with E-state index in [9.17, 15) is 14.3 Å². The van der Waals surface area contributed by atoms with Crippen LogP contribution in [0.15, 0.2) is 42.0 Å². The Balaban J connectivity index is 0.00000126. The van der Waals surface area contributed by atoms with Gasteiger partial charge in [0.1, 0.15) is 23.9 Å². The van der Waals surface area contributed by atoms with Crippen LogP contribution >= 0.6 is 0 Å². The molecule has 0 atom stereocenters. The number of carbonyl (C=O) groups is 1. The van der Waals surface area contributed by atoms with E-state index in [-0.39, 0.29) is 5.82 Å². The summed E-state index contributed by atoms with van der Waals surface area (Å²) in [6.45, 7) is 6.64. The summed E-state index contributed by atoms with van der Waals surface area (Å²) >= 11 is 0. The molecule has 2 aromatic carbocycles. The summed E-state index contributed by atoms with van der Waals surface area (Å²) in [6, 6.07) is 10.6. The van der Waals surface area contributed by atoms with Crippen LogP contribution in [0.3, 0.4) is 0 Å². The maximum Gasteiger partial charge on any atom is 0.310 e. The molecule has 33 heavy (non-hydrogen) atoms. The number of likely N-dealkylation sites (tertiary alicyclic amines) is 1. The second-order valence-electron chi connectivity index (χ2n) is 8.79. The van der Waals surface area contributed by atoms with E-state index in [0.717, 1.165) is 66.8 Å². The minimum absolute atomic E-state index is 0.285. The Labute approximate surface area is 194 Å². The number of hydrogen-bond acceptors (Lipinski definition) is 4. The van der Waals surface area contributed by atoms with Crippen LogP contribution in [0.4, 0.5) is 4.39 Å². The number of fused-ring (bicyclic) bond motifs is 2. The van der Waals surface area contributed by atoms with Gasteiger partial charge in [-0.2, -0.15) is 0 Å². The van der Waals surface area contributed by atoms with Crippen molar-refractivity contribution in [2.75, 3.05) is 26.7 Å². The largest absolute Gasteiger partial charge is 0.497 e. The van der Waals surface area contributed by atoms with Crippen LogP contribution in [0.25, 0.3) is 5.57 Å². The predicted molar refractivity (Wildman–Crippen MR) is 126 cm³/mol. The van der Waals surface area contributed by atoms with Gasteiger partial charge < -0.3 is 19.5 Å². The molecule has 0 radical (unpaired) electrons. The quantitative estimate of drug-likeness (QED) is 0.661. The van der Waals surface area contributed by atoms with Gasteiger partial charge in [0.25, 0.3) is 0 Å². The number of halogens is 1. The third-order valence-corrected chi connectivity index (χ3v) is 6.82. The van der Waals surface area contributed by atoms with Gasteiger partial charge >= 0.3 is 5.97 Å². The highest BCUT2D eigenvalue weighted by Gasteiger charge is 2.51. The van der Waals surface area contributed by atoms with Crippen LogP contribution in [-0.4, -0.2) is 42.7 Å². The first-order chi connectivity index (χ1) is 16.0. The average molecular weight is 454 g/mol. The first-order valence-electron chi connectivity index (χ1n) is 11.8. The molecular weight excluding hydrogens is 421 g/mol. The van der Waals surface area contributed by atoms with E-state index in [2.05, 4.69) is 4.90 Å². The van der Waals surface area contributed by atoms with Gasteiger partial charge in [-0.15, -0.1) is 0 Å². The molecule has 1 saturated heterocycles. The van der Waals surface area contributed by atoms with Gasteiger partial charge in [-0.1, -0.05) is 25.5 Å². The monoisotopic (exact) mass is 453 g/mol. The van der Waals surface area contributed by atoms with E-state index >= 15 is 0 Å². The summed E-state index contributed by atoms with van der Waals surface area (Å²) in [7, 11) is 1.64. The molecule has 1 saturated carbocycles. The zero-order chi connectivity index (χ0) is 23.6. The minimum Gasteiger partial charge on any atom is -0.497 e. The van der Waals surface area contributed by atoms with Crippen LogP contribution in [-0.2, 0) is 11.4 Å². The molecule has 0 unspecified atom stereocenters. The molecule has 1 N–H and O–H groups in total. The SMILES string of the molecule is CC.COc1ccc2c(c1)COc1ccc(F)cc1C2=C1CCN(CC2(C(=O)O)CC2)CC1. The number of rotatable bonds is 4. The fourth-order valence-electron chi connectivity index (χ4n) is 4.81. The predicted octanol–water partition coefficient (Wildman–Crippen LogP) is 5.52. The molecule has 1 aliphatic carbocycles. The second kappa shape index (κ2) is 9.56. The van der Waals surface area contributed by atoms with Crippen molar-refractivity contribution in [2.45, 2.75) is 46.1 Å². The Morgan fingerprint density at radius 3 is 2.48 bits per heavy atom. The maximum absolute atomic E-state index is 14.2. The number of benzene rings is 2. The van der Waals surface area contributed by atoms with Crippen LogP contribution < -0.4 is 9.47 Å². The smallest absolute Gasteiger partial charge is 0.310 e. The molecule has 176 valence electrons. The number of piperidine rings is 1. The molecule has 0 amide bonds. The highest BCUT2D eigenvalue weighted by Crippen LogP contribution is 2.47. The van der Waals surface area contributed by atoms with Crippen LogP contribution in [0, 0.1) is 11.2 Å². The van der Waals surface area contributed by atoms with Crippen LogP contribution in [0.5, 0.6) is 11.5 Å². The van der Waals surface area contributed by atoms with Crippen molar-refractivity contribution in [1.82, 2.24) is 4.90 Å². The van der Waals surface area contributed by atoms with Gasteiger partial charge in [0.15, 0.2) is 0 Å². The normalized spacial score (nSPS) is 18.7. The Hall–Kier alpha value is -2.86. The summed E-state index contributed by atoms with van der Waals surface area (Å²) in [5, 5.41) is 9.51. The summed E-state index contributed by atoms with van der Waals surface area (Å²) in [5.74, 6) is 0.489. The van der Waals surface area contributed by atoms with Gasteiger partial charge in [-0.25, -0.2) is 4.39 Å². The molecule has 2 heterocycles. The molecule has 0 aromatic heterocycles. The minimum atomic E-state index is -0.676. The van der Waals surface area contributed by atoms with E-state index in [1.54, 1.807) is 19.2 Å². The van der Waals surface area contributed by atoms with Gasteiger partial charge in [-0.3, -0.25) is 4.79 Å². The molecule has 5 rings (SSSR count). The van der Waals surface area contributed by atoms with Gasteiger partial charge in [0.05, 0.1) is 12.5 Å². The Morgan fingerprint density at radius 1 is 1.12 bits per heavy atom. The first kappa shape index (κ1) is 23.3. The number of carboxylic acids is 1. The summed E-state index contributed by atoms with van der Waals surface area (Å²) < 4.78 is 25.7. The van der Waals surface area contributed by atoms with Crippen molar-refractivity contribution in [3.8, 4) is 11.5 Å². The summed E-state index contributed by atoms with van der Waals surface area (Å²) in [5.41, 5.74) is 4.63. The molecular formula is C27H32FNO4. The lowest BCUT2D eigenvalue weighted by Crippen LogP contribution is -2.38. The van der Waals surface area contributed by atoms with Crippen molar-refractivity contribution in [3.05, 3.63) is 64.5 Å². The fourth-order valence-corrected chi connectivity index (χ4v) is 4.81. The topological polar surface area (TPSA) is 59.0 Å². The molecule has 2 fully saturated rings. The Morgan fingerprint density at radius 2 is 1.85 bits per heavy atom. The third kappa shape index (κ3) is 4.62.